The molecule has 3 aliphatic rings. The number of ketones is 1. The van der Waals surface area contributed by atoms with E-state index in [2.05, 4.69) is 26.6 Å². The molecule has 0 aromatic heterocycles. The summed E-state index contributed by atoms with van der Waals surface area (Å²) >= 11 is 0. The number of amides is 5. The minimum atomic E-state index is -1.23. The SMILES string of the molecule is CCC[C@H](NC(=O)[C@@H](C)NC(=O)OCC1c2ccccc2-c2ccccc21)C(=O)N[C@@H](C[C@@H]1CCNC1=O)C(=O)C(=O)NC1CC1. The predicted octanol–water partition coefficient (Wildman–Crippen LogP) is 2.06. The number of benzene rings is 2. The zero-order valence-corrected chi connectivity index (χ0v) is 26.1. The number of carbonyl (C=O) groups excluding carboxylic acids is 6. The van der Waals surface area contributed by atoms with Crippen molar-refractivity contribution in [2.45, 2.75) is 82.5 Å². The minimum absolute atomic E-state index is 0.0268. The van der Waals surface area contributed by atoms with Gasteiger partial charge in [0.25, 0.3) is 5.91 Å². The van der Waals surface area contributed by atoms with Crippen LogP contribution in [-0.4, -0.2) is 72.8 Å². The van der Waals surface area contributed by atoms with Gasteiger partial charge in [0.1, 0.15) is 18.7 Å². The van der Waals surface area contributed by atoms with Crippen LogP contribution in [-0.2, 0) is 28.7 Å². The molecular formula is C34H41N5O7. The average Bonchev–Trinajstić information content (AvgIpc) is 3.69. The first-order valence-electron chi connectivity index (χ1n) is 16.0. The Morgan fingerprint density at radius 2 is 1.50 bits per heavy atom. The Bertz CT molecular complexity index is 1460. The third-order valence-corrected chi connectivity index (χ3v) is 8.73. The molecule has 1 saturated carbocycles. The molecule has 5 amide bonds. The summed E-state index contributed by atoms with van der Waals surface area (Å²) < 4.78 is 5.55. The normalized spacial score (nSPS) is 18.7. The second kappa shape index (κ2) is 14.6. The van der Waals surface area contributed by atoms with E-state index in [1.54, 1.807) is 0 Å². The van der Waals surface area contributed by atoms with E-state index in [1.807, 2.05) is 55.5 Å². The van der Waals surface area contributed by atoms with Crippen LogP contribution in [0.5, 0.6) is 0 Å². The molecule has 2 fully saturated rings. The second-order valence-corrected chi connectivity index (χ2v) is 12.2. The topological polar surface area (TPSA) is 172 Å². The van der Waals surface area contributed by atoms with Crippen LogP contribution in [0.3, 0.4) is 0 Å². The van der Waals surface area contributed by atoms with Crippen LogP contribution in [0, 0.1) is 5.92 Å². The molecule has 5 rings (SSSR count). The summed E-state index contributed by atoms with van der Waals surface area (Å²) in [5.41, 5.74) is 4.32. The van der Waals surface area contributed by atoms with Gasteiger partial charge in [0.15, 0.2) is 0 Å². The first-order valence-corrected chi connectivity index (χ1v) is 16.0. The van der Waals surface area contributed by atoms with E-state index >= 15 is 0 Å². The molecule has 0 bridgehead atoms. The highest BCUT2D eigenvalue weighted by molar-refractivity contribution is 6.38. The Balaban J connectivity index is 1.16. The van der Waals surface area contributed by atoms with Gasteiger partial charge in [0, 0.05) is 24.4 Å². The highest BCUT2D eigenvalue weighted by Crippen LogP contribution is 2.44. The fourth-order valence-electron chi connectivity index (χ4n) is 6.04. The maximum Gasteiger partial charge on any atom is 0.407 e. The lowest BCUT2D eigenvalue weighted by molar-refractivity contribution is -0.141. The van der Waals surface area contributed by atoms with Crippen LogP contribution in [0.4, 0.5) is 4.79 Å². The van der Waals surface area contributed by atoms with E-state index in [9.17, 15) is 28.8 Å². The van der Waals surface area contributed by atoms with Crippen molar-refractivity contribution >= 4 is 35.5 Å². The Morgan fingerprint density at radius 3 is 2.09 bits per heavy atom. The van der Waals surface area contributed by atoms with E-state index in [0.717, 1.165) is 35.1 Å². The zero-order chi connectivity index (χ0) is 32.8. The highest BCUT2D eigenvalue weighted by Gasteiger charge is 2.37. The van der Waals surface area contributed by atoms with Crippen molar-refractivity contribution in [3.05, 3.63) is 59.7 Å². The third-order valence-electron chi connectivity index (χ3n) is 8.73. The van der Waals surface area contributed by atoms with Gasteiger partial charge in [-0.2, -0.15) is 0 Å². The maximum atomic E-state index is 13.4. The van der Waals surface area contributed by atoms with E-state index < -0.39 is 53.6 Å². The van der Waals surface area contributed by atoms with Crippen molar-refractivity contribution in [2.75, 3.05) is 13.2 Å². The van der Waals surface area contributed by atoms with Gasteiger partial charge in [0.05, 0.1) is 6.04 Å². The van der Waals surface area contributed by atoms with Crippen LogP contribution >= 0.6 is 0 Å². The van der Waals surface area contributed by atoms with Gasteiger partial charge in [-0.25, -0.2) is 4.79 Å². The molecule has 244 valence electrons. The number of rotatable bonds is 14. The zero-order valence-electron chi connectivity index (χ0n) is 26.1. The molecule has 2 aliphatic carbocycles. The van der Waals surface area contributed by atoms with E-state index in [-0.39, 0.29) is 37.3 Å². The number of alkyl carbamates (subject to hydrolysis) is 1. The molecule has 1 saturated heterocycles. The number of hydrogen-bond acceptors (Lipinski definition) is 7. The smallest absolute Gasteiger partial charge is 0.407 e. The molecule has 12 nitrogen and oxygen atoms in total. The Kier molecular flexibility index (Phi) is 10.3. The Morgan fingerprint density at radius 1 is 0.870 bits per heavy atom. The number of fused-ring (bicyclic) bond motifs is 3. The molecule has 0 radical (unpaired) electrons. The van der Waals surface area contributed by atoms with Crippen LogP contribution in [0.1, 0.15) is 69.4 Å². The second-order valence-electron chi connectivity index (χ2n) is 12.2. The van der Waals surface area contributed by atoms with Crippen LogP contribution < -0.4 is 26.6 Å². The van der Waals surface area contributed by atoms with Crippen molar-refractivity contribution in [3.63, 3.8) is 0 Å². The predicted molar refractivity (Wildman–Crippen MR) is 168 cm³/mol. The van der Waals surface area contributed by atoms with Crippen molar-refractivity contribution < 1.29 is 33.5 Å². The molecule has 1 heterocycles. The van der Waals surface area contributed by atoms with Gasteiger partial charge in [-0.3, -0.25) is 24.0 Å². The van der Waals surface area contributed by atoms with E-state index in [0.29, 0.717) is 19.4 Å². The summed E-state index contributed by atoms with van der Waals surface area (Å²) in [5.74, 6) is -3.80. The minimum Gasteiger partial charge on any atom is -0.449 e. The van der Waals surface area contributed by atoms with Crippen molar-refractivity contribution in [1.29, 1.82) is 0 Å². The molecule has 0 unspecified atom stereocenters. The van der Waals surface area contributed by atoms with Gasteiger partial charge in [-0.05, 0) is 61.3 Å². The fourth-order valence-corrected chi connectivity index (χ4v) is 6.04. The third kappa shape index (κ3) is 7.72. The van der Waals surface area contributed by atoms with Gasteiger partial charge in [0.2, 0.25) is 23.5 Å². The molecular weight excluding hydrogens is 590 g/mol. The quantitative estimate of drug-likeness (QED) is 0.199. The Hall–Kier alpha value is -4.74. The summed E-state index contributed by atoms with van der Waals surface area (Å²) in [6.07, 6.45) is 2.02. The lowest BCUT2D eigenvalue weighted by Gasteiger charge is -2.25. The summed E-state index contributed by atoms with van der Waals surface area (Å²) in [4.78, 5) is 77.0. The Labute approximate surface area is 267 Å². The number of hydrogen-bond donors (Lipinski definition) is 5. The number of nitrogens with one attached hydrogen (secondary N) is 5. The molecule has 4 atom stereocenters. The molecule has 2 aromatic carbocycles. The van der Waals surface area contributed by atoms with Crippen LogP contribution in [0.15, 0.2) is 48.5 Å². The van der Waals surface area contributed by atoms with Crippen molar-refractivity contribution in [1.82, 2.24) is 26.6 Å². The van der Waals surface area contributed by atoms with Crippen molar-refractivity contribution in [3.8, 4) is 11.1 Å². The van der Waals surface area contributed by atoms with Gasteiger partial charge in [-0.15, -0.1) is 0 Å². The van der Waals surface area contributed by atoms with E-state index in [1.165, 1.54) is 6.92 Å². The van der Waals surface area contributed by atoms with Crippen LogP contribution in [0.25, 0.3) is 11.1 Å². The van der Waals surface area contributed by atoms with Crippen LogP contribution in [0.2, 0.25) is 0 Å². The molecule has 12 heteroatoms. The number of carbonyl (C=O) groups is 6. The molecule has 1 aliphatic heterocycles. The lowest BCUT2D eigenvalue weighted by Crippen LogP contribution is -2.56. The van der Waals surface area contributed by atoms with E-state index in [4.69, 9.17) is 4.74 Å². The largest absolute Gasteiger partial charge is 0.449 e. The molecule has 46 heavy (non-hydrogen) atoms. The summed E-state index contributed by atoms with van der Waals surface area (Å²) in [5, 5.41) is 13.1. The number of Topliss-reactive ketones (excluding diaryl/α,β-unsaturated/α-hetero) is 1. The summed E-state index contributed by atoms with van der Waals surface area (Å²) in [6, 6.07) is 12.6. The summed E-state index contributed by atoms with van der Waals surface area (Å²) in [6.45, 7) is 3.85. The molecule has 0 spiro atoms. The molecule has 5 N–H and O–H groups in total. The first-order chi connectivity index (χ1) is 22.2. The van der Waals surface area contributed by atoms with Crippen molar-refractivity contribution in [2.24, 2.45) is 5.92 Å². The van der Waals surface area contributed by atoms with Gasteiger partial charge >= 0.3 is 6.09 Å². The monoisotopic (exact) mass is 631 g/mol. The first kappa shape index (κ1) is 32.6. The van der Waals surface area contributed by atoms with Gasteiger partial charge in [-0.1, -0.05) is 61.9 Å². The van der Waals surface area contributed by atoms with Gasteiger partial charge < -0.3 is 31.3 Å². The highest BCUT2D eigenvalue weighted by atomic mass is 16.5. The number of ether oxygens (including phenoxy) is 1. The standard InChI is InChI=1S/C34H41N5O7/c1-3-8-27(32(43)39-28(17-20-15-16-35-31(20)42)29(40)33(44)37-21-13-14-21)38-30(41)19(2)36-34(45)46-18-26-24-11-6-4-9-22(24)23-10-5-7-12-25(23)26/h4-7,9-12,19-21,26-28H,3,8,13-18H2,1-2H3,(H,35,42)(H,36,45)(H,37,44)(H,38,41)(H,39,43)/t19-,20+,27+,28+/m1/s1. The maximum absolute atomic E-state index is 13.4. The summed E-state index contributed by atoms with van der Waals surface area (Å²) in [7, 11) is 0. The average molecular weight is 632 g/mol. The molecule has 2 aromatic rings. The fraction of sp³-hybridized carbons (Fsp3) is 0.471. The lowest BCUT2D eigenvalue weighted by atomic mass is 9.95.